The molecule has 3 aromatic heterocycles. The first-order valence-corrected chi connectivity index (χ1v) is 8.04. The normalized spacial score (nSPS) is 12.1. The van der Waals surface area contributed by atoms with Gasteiger partial charge in [-0.05, 0) is 36.8 Å². The molecule has 25 heavy (non-hydrogen) atoms. The average Bonchev–Trinajstić information content (AvgIpc) is 2.90. The average molecular weight is 339 g/mol. The van der Waals surface area contributed by atoms with E-state index in [1.807, 2.05) is 26.1 Å². The first kappa shape index (κ1) is 17.1. The number of aryl methyl sites for hydroxylation is 2. The van der Waals surface area contributed by atoms with Gasteiger partial charge in [0.2, 0.25) is 5.88 Å². The van der Waals surface area contributed by atoms with Crippen molar-refractivity contribution in [3.05, 3.63) is 65.9 Å². The van der Waals surface area contributed by atoms with E-state index in [4.69, 9.17) is 4.74 Å². The molecule has 0 saturated heterocycles. The number of rotatable bonds is 7. The van der Waals surface area contributed by atoms with Gasteiger partial charge in [-0.25, -0.2) is 4.68 Å². The minimum Gasteiger partial charge on any atom is -0.437 e. The standard InChI is InChI=1S/C18H21N5O2/c1-13-16(11-21-12-17(24)14-5-8-19-9-6-14)18(23(2)22-13)25-15-4-3-7-20-10-15/h3-10,17,21,24H,11-12H2,1-2H3. The van der Waals surface area contributed by atoms with Gasteiger partial charge < -0.3 is 15.2 Å². The second-order valence-corrected chi connectivity index (χ2v) is 5.71. The van der Waals surface area contributed by atoms with Crippen LogP contribution >= 0.6 is 0 Å². The Labute approximate surface area is 146 Å². The largest absolute Gasteiger partial charge is 0.437 e. The highest BCUT2D eigenvalue weighted by atomic mass is 16.5. The maximum atomic E-state index is 10.2. The number of ether oxygens (including phenoxy) is 1. The fourth-order valence-electron chi connectivity index (χ4n) is 2.57. The number of aromatic nitrogens is 4. The lowest BCUT2D eigenvalue weighted by Gasteiger charge is -2.13. The molecular formula is C18H21N5O2. The van der Waals surface area contributed by atoms with Gasteiger partial charge in [-0.1, -0.05) is 0 Å². The second kappa shape index (κ2) is 7.87. The third-order valence-corrected chi connectivity index (χ3v) is 3.87. The molecule has 0 amide bonds. The van der Waals surface area contributed by atoms with E-state index in [9.17, 15) is 5.11 Å². The summed E-state index contributed by atoms with van der Waals surface area (Å²) in [5.74, 6) is 1.32. The Kier molecular flexibility index (Phi) is 5.37. The van der Waals surface area contributed by atoms with Crippen LogP contribution in [-0.2, 0) is 13.6 Å². The summed E-state index contributed by atoms with van der Waals surface area (Å²) in [6, 6.07) is 7.28. The van der Waals surface area contributed by atoms with Crippen molar-refractivity contribution in [1.82, 2.24) is 25.1 Å². The van der Waals surface area contributed by atoms with Crippen molar-refractivity contribution >= 4 is 0 Å². The first-order chi connectivity index (χ1) is 12.1. The summed E-state index contributed by atoms with van der Waals surface area (Å²) in [4.78, 5) is 8.01. The molecule has 2 N–H and O–H groups in total. The molecule has 0 spiro atoms. The Morgan fingerprint density at radius 1 is 1.20 bits per heavy atom. The van der Waals surface area contributed by atoms with Crippen LogP contribution in [0.5, 0.6) is 11.6 Å². The Bertz CT molecular complexity index is 805. The number of pyridine rings is 2. The van der Waals surface area contributed by atoms with E-state index >= 15 is 0 Å². The van der Waals surface area contributed by atoms with Crippen LogP contribution in [0.15, 0.2) is 49.1 Å². The molecular weight excluding hydrogens is 318 g/mol. The minimum atomic E-state index is -0.595. The maximum absolute atomic E-state index is 10.2. The monoisotopic (exact) mass is 339 g/mol. The van der Waals surface area contributed by atoms with E-state index in [1.165, 1.54) is 0 Å². The smallest absolute Gasteiger partial charge is 0.222 e. The van der Waals surface area contributed by atoms with E-state index in [0.29, 0.717) is 24.7 Å². The van der Waals surface area contributed by atoms with Crippen molar-refractivity contribution in [2.75, 3.05) is 6.54 Å². The van der Waals surface area contributed by atoms with Crippen LogP contribution in [0.25, 0.3) is 0 Å². The lowest BCUT2D eigenvalue weighted by atomic mass is 10.1. The molecule has 0 aromatic carbocycles. The Morgan fingerprint density at radius 2 is 2.00 bits per heavy atom. The highest BCUT2D eigenvalue weighted by Gasteiger charge is 2.16. The van der Waals surface area contributed by atoms with Gasteiger partial charge in [0.25, 0.3) is 0 Å². The van der Waals surface area contributed by atoms with Crippen molar-refractivity contribution in [1.29, 1.82) is 0 Å². The zero-order chi connectivity index (χ0) is 17.6. The highest BCUT2D eigenvalue weighted by molar-refractivity contribution is 5.34. The van der Waals surface area contributed by atoms with Crippen molar-refractivity contribution in [3.63, 3.8) is 0 Å². The predicted octanol–water partition coefficient (Wildman–Crippen LogP) is 2.13. The molecule has 1 unspecified atom stereocenters. The van der Waals surface area contributed by atoms with Gasteiger partial charge in [-0.2, -0.15) is 5.10 Å². The van der Waals surface area contributed by atoms with Crippen molar-refractivity contribution < 1.29 is 9.84 Å². The first-order valence-electron chi connectivity index (χ1n) is 8.04. The Hall–Kier alpha value is -2.77. The van der Waals surface area contributed by atoms with Gasteiger partial charge >= 0.3 is 0 Å². The molecule has 0 bridgehead atoms. The maximum Gasteiger partial charge on any atom is 0.222 e. The minimum absolute atomic E-state index is 0.421. The molecule has 0 aliphatic carbocycles. The SMILES string of the molecule is Cc1nn(C)c(Oc2cccnc2)c1CNCC(O)c1ccncc1. The number of hydrogen-bond acceptors (Lipinski definition) is 6. The summed E-state index contributed by atoms with van der Waals surface area (Å²) < 4.78 is 7.64. The Morgan fingerprint density at radius 3 is 2.72 bits per heavy atom. The third-order valence-electron chi connectivity index (χ3n) is 3.87. The van der Waals surface area contributed by atoms with E-state index < -0.39 is 6.10 Å². The zero-order valence-electron chi connectivity index (χ0n) is 14.3. The van der Waals surface area contributed by atoms with E-state index in [2.05, 4.69) is 20.4 Å². The van der Waals surface area contributed by atoms with E-state index in [-0.39, 0.29) is 0 Å². The topological polar surface area (TPSA) is 85.1 Å². The second-order valence-electron chi connectivity index (χ2n) is 5.71. The van der Waals surface area contributed by atoms with Crippen LogP contribution in [0.1, 0.15) is 22.9 Å². The van der Waals surface area contributed by atoms with Crippen LogP contribution in [-0.4, -0.2) is 31.4 Å². The summed E-state index contributed by atoms with van der Waals surface area (Å²) >= 11 is 0. The molecule has 3 aromatic rings. The number of hydrogen-bond donors (Lipinski definition) is 2. The number of nitrogens with one attached hydrogen (secondary N) is 1. The molecule has 0 radical (unpaired) electrons. The quantitative estimate of drug-likeness (QED) is 0.686. The number of nitrogens with zero attached hydrogens (tertiary/aromatic N) is 4. The van der Waals surface area contributed by atoms with Gasteiger partial charge in [-0.3, -0.25) is 9.97 Å². The van der Waals surface area contributed by atoms with Gasteiger partial charge in [0.05, 0.1) is 23.6 Å². The fraction of sp³-hybridized carbons (Fsp3) is 0.278. The van der Waals surface area contributed by atoms with Crippen molar-refractivity contribution in [2.24, 2.45) is 7.05 Å². The van der Waals surface area contributed by atoms with Crippen LogP contribution in [0.3, 0.4) is 0 Å². The van der Waals surface area contributed by atoms with Crippen molar-refractivity contribution in [2.45, 2.75) is 19.6 Å². The molecule has 3 rings (SSSR count). The molecule has 0 fully saturated rings. The molecule has 0 aliphatic rings. The van der Waals surface area contributed by atoms with Crippen LogP contribution in [0, 0.1) is 6.92 Å². The molecule has 0 aliphatic heterocycles. The van der Waals surface area contributed by atoms with Crippen LogP contribution in [0.4, 0.5) is 0 Å². The fourth-order valence-corrected chi connectivity index (χ4v) is 2.57. The van der Waals surface area contributed by atoms with Gasteiger partial charge in [0.15, 0.2) is 0 Å². The predicted molar refractivity (Wildman–Crippen MR) is 93.2 cm³/mol. The molecule has 0 saturated carbocycles. The van der Waals surface area contributed by atoms with Crippen LogP contribution < -0.4 is 10.1 Å². The van der Waals surface area contributed by atoms with Gasteiger partial charge in [0.1, 0.15) is 5.75 Å². The van der Waals surface area contributed by atoms with Gasteiger partial charge in [0, 0.05) is 38.7 Å². The van der Waals surface area contributed by atoms with Crippen molar-refractivity contribution in [3.8, 4) is 11.6 Å². The number of aliphatic hydroxyl groups excluding tert-OH is 1. The molecule has 130 valence electrons. The summed E-state index contributed by atoms with van der Waals surface area (Å²) in [7, 11) is 1.84. The molecule has 7 nitrogen and oxygen atoms in total. The Balaban J connectivity index is 1.66. The van der Waals surface area contributed by atoms with Crippen LogP contribution in [0.2, 0.25) is 0 Å². The lowest BCUT2D eigenvalue weighted by molar-refractivity contribution is 0.174. The zero-order valence-corrected chi connectivity index (χ0v) is 14.3. The molecule has 7 heteroatoms. The highest BCUT2D eigenvalue weighted by Crippen LogP contribution is 2.26. The third kappa shape index (κ3) is 4.20. The lowest BCUT2D eigenvalue weighted by Crippen LogP contribution is -2.21. The molecule has 3 heterocycles. The molecule has 1 atom stereocenters. The van der Waals surface area contributed by atoms with E-state index in [1.54, 1.807) is 41.6 Å². The summed E-state index contributed by atoms with van der Waals surface area (Å²) in [6.07, 6.45) is 6.10. The summed E-state index contributed by atoms with van der Waals surface area (Å²) in [5.41, 5.74) is 2.66. The number of aliphatic hydroxyl groups is 1. The van der Waals surface area contributed by atoms with Gasteiger partial charge in [-0.15, -0.1) is 0 Å². The summed E-state index contributed by atoms with van der Waals surface area (Å²) in [5, 5.41) is 17.9. The van der Waals surface area contributed by atoms with E-state index in [0.717, 1.165) is 16.8 Å². The summed E-state index contributed by atoms with van der Waals surface area (Å²) in [6.45, 7) is 2.90.